The second kappa shape index (κ2) is 5.15. The molecule has 3 nitrogen and oxygen atoms in total. The second-order valence-corrected chi connectivity index (χ2v) is 4.49. The zero-order chi connectivity index (χ0) is 12.3. The van der Waals surface area contributed by atoms with Crippen molar-refractivity contribution in [1.29, 1.82) is 0 Å². The van der Waals surface area contributed by atoms with Gasteiger partial charge in [-0.1, -0.05) is 18.2 Å². The van der Waals surface area contributed by atoms with Gasteiger partial charge in [0.1, 0.15) is 0 Å². The molecule has 1 aromatic heterocycles. The van der Waals surface area contributed by atoms with E-state index in [4.69, 9.17) is 0 Å². The summed E-state index contributed by atoms with van der Waals surface area (Å²) in [5.41, 5.74) is 6.46. The maximum absolute atomic E-state index is 4.02. The molecule has 2 aromatic rings. The Kier molecular flexibility index (Phi) is 3.59. The molecule has 2 rings (SSSR count). The second-order valence-electron chi connectivity index (χ2n) is 4.49. The Morgan fingerprint density at radius 3 is 2.41 bits per heavy atom. The van der Waals surface area contributed by atoms with Gasteiger partial charge in [0, 0.05) is 24.3 Å². The Balaban J connectivity index is 1.97. The van der Waals surface area contributed by atoms with Gasteiger partial charge >= 0.3 is 0 Å². The average Bonchev–Trinajstić information content (AvgIpc) is 2.69. The molecule has 1 heterocycles. The number of H-pyrrole nitrogens is 1. The van der Waals surface area contributed by atoms with Crippen LogP contribution in [0.2, 0.25) is 0 Å². The standard InChI is InChI=1S/C14H19N3/c1-10-5-4-6-11(2)14(10)9-15-7-13-8-16-17-12(13)3/h4-6,8,15H,7,9H2,1-3H3,(H,16,17). The summed E-state index contributed by atoms with van der Waals surface area (Å²) in [5, 5.41) is 10.4. The Morgan fingerprint density at radius 2 is 1.82 bits per heavy atom. The van der Waals surface area contributed by atoms with E-state index < -0.39 is 0 Å². The fraction of sp³-hybridized carbons (Fsp3) is 0.357. The van der Waals surface area contributed by atoms with Crippen molar-refractivity contribution < 1.29 is 0 Å². The minimum Gasteiger partial charge on any atom is -0.308 e. The van der Waals surface area contributed by atoms with Crippen LogP contribution in [0.15, 0.2) is 24.4 Å². The monoisotopic (exact) mass is 229 g/mol. The van der Waals surface area contributed by atoms with Gasteiger partial charge in [-0.05, 0) is 37.5 Å². The number of aryl methyl sites for hydroxylation is 3. The first kappa shape index (κ1) is 11.9. The third-order valence-electron chi connectivity index (χ3n) is 3.20. The molecular weight excluding hydrogens is 210 g/mol. The Bertz CT molecular complexity index is 480. The van der Waals surface area contributed by atoms with Crippen LogP contribution in [0.1, 0.15) is 27.9 Å². The molecule has 0 saturated heterocycles. The van der Waals surface area contributed by atoms with Crippen molar-refractivity contribution in [3.8, 4) is 0 Å². The summed E-state index contributed by atoms with van der Waals surface area (Å²) in [6, 6.07) is 6.43. The normalized spacial score (nSPS) is 10.8. The summed E-state index contributed by atoms with van der Waals surface area (Å²) in [7, 11) is 0. The van der Waals surface area contributed by atoms with Crippen LogP contribution in [-0.4, -0.2) is 10.2 Å². The summed E-state index contributed by atoms with van der Waals surface area (Å²) in [6.45, 7) is 8.13. The highest BCUT2D eigenvalue weighted by Gasteiger charge is 2.03. The number of nitrogens with one attached hydrogen (secondary N) is 2. The van der Waals surface area contributed by atoms with Crippen LogP contribution in [-0.2, 0) is 13.1 Å². The smallest absolute Gasteiger partial charge is 0.0535 e. The third-order valence-corrected chi connectivity index (χ3v) is 3.20. The van der Waals surface area contributed by atoms with E-state index in [-0.39, 0.29) is 0 Å². The van der Waals surface area contributed by atoms with Gasteiger partial charge in [-0.3, -0.25) is 5.10 Å². The largest absolute Gasteiger partial charge is 0.308 e. The summed E-state index contributed by atoms with van der Waals surface area (Å²) in [5.74, 6) is 0. The molecule has 0 aliphatic rings. The van der Waals surface area contributed by atoms with Gasteiger partial charge in [0.2, 0.25) is 0 Å². The number of nitrogens with zero attached hydrogens (tertiary/aromatic N) is 1. The Morgan fingerprint density at radius 1 is 1.12 bits per heavy atom. The topological polar surface area (TPSA) is 40.7 Å². The van der Waals surface area contributed by atoms with E-state index in [9.17, 15) is 0 Å². The minimum atomic E-state index is 0.857. The van der Waals surface area contributed by atoms with Crippen molar-refractivity contribution in [3.63, 3.8) is 0 Å². The van der Waals surface area contributed by atoms with Crippen molar-refractivity contribution in [2.24, 2.45) is 0 Å². The molecule has 90 valence electrons. The van der Waals surface area contributed by atoms with Crippen LogP contribution < -0.4 is 5.32 Å². The van der Waals surface area contributed by atoms with Crippen LogP contribution in [0.5, 0.6) is 0 Å². The third kappa shape index (κ3) is 2.74. The first-order valence-corrected chi connectivity index (χ1v) is 5.93. The molecule has 0 spiro atoms. The molecule has 0 aliphatic heterocycles. The molecular formula is C14H19N3. The number of aromatic amines is 1. The van der Waals surface area contributed by atoms with E-state index in [0.29, 0.717) is 0 Å². The molecule has 0 bridgehead atoms. The zero-order valence-corrected chi connectivity index (χ0v) is 10.7. The van der Waals surface area contributed by atoms with Gasteiger partial charge in [-0.2, -0.15) is 5.10 Å². The van der Waals surface area contributed by atoms with Crippen LogP contribution in [0, 0.1) is 20.8 Å². The SMILES string of the molecule is Cc1cccc(C)c1CNCc1cn[nH]c1C. The van der Waals surface area contributed by atoms with Gasteiger partial charge in [0.05, 0.1) is 6.20 Å². The van der Waals surface area contributed by atoms with Crippen LogP contribution in [0.3, 0.4) is 0 Å². The number of hydrogen-bond acceptors (Lipinski definition) is 2. The lowest BCUT2D eigenvalue weighted by molar-refractivity contribution is 0.685. The molecule has 0 amide bonds. The summed E-state index contributed by atoms with van der Waals surface area (Å²) in [4.78, 5) is 0. The highest BCUT2D eigenvalue weighted by molar-refractivity contribution is 5.33. The molecule has 2 N–H and O–H groups in total. The van der Waals surface area contributed by atoms with Gasteiger partial charge in [-0.15, -0.1) is 0 Å². The molecule has 17 heavy (non-hydrogen) atoms. The lowest BCUT2D eigenvalue weighted by Crippen LogP contribution is -2.14. The maximum atomic E-state index is 4.02. The maximum Gasteiger partial charge on any atom is 0.0535 e. The first-order chi connectivity index (χ1) is 8.18. The van der Waals surface area contributed by atoms with E-state index in [1.807, 2.05) is 13.1 Å². The van der Waals surface area contributed by atoms with E-state index in [1.165, 1.54) is 22.3 Å². The van der Waals surface area contributed by atoms with Gasteiger partial charge in [-0.25, -0.2) is 0 Å². The van der Waals surface area contributed by atoms with Crippen molar-refractivity contribution in [2.45, 2.75) is 33.9 Å². The fourth-order valence-electron chi connectivity index (χ4n) is 2.00. The zero-order valence-electron chi connectivity index (χ0n) is 10.7. The number of aromatic nitrogens is 2. The average molecular weight is 229 g/mol. The number of hydrogen-bond donors (Lipinski definition) is 2. The molecule has 0 radical (unpaired) electrons. The van der Waals surface area contributed by atoms with Gasteiger partial charge in [0.25, 0.3) is 0 Å². The molecule has 1 aromatic carbocycles. The molecule has 3 heteroatoms. The summed E-state index contributed by atoms with van der Waals surface area (Å²) >= 11 is 0. The predicted molar refractivity (Wildman–Crippen MR) is 69.8 cm³/mol. The molecule has 0 fully saturated rings. The predicted octanol–water partition coefficient (Wildman–Crippen LogP) is 2.62. The Hall–Kier alpha value is -1.61. The van der Waals surface area contributed by atoms with Crippen LogP contribution in [0.25, 0.3) is 0 Å². The van der Waals surface area contributed by atoms with E-state index in [2.05, 4.69) is 47.6 Å². The highest BCUT2D eigenvalue weighted by atomic mass is 15.1. The molecule has 0 unspecified atom stereocenters. The number of rotatable bonds is 4. The van der Waals surface area contributed by atoms with Crippen LogP contribution in [0.4, 0.5) is 0 Å². The molecule has 0 aliphatic carbocycles. The lowest BCUT2D eigenvalue weighted by Gasteiger charge is -2.10. The van der Waals surface area contributed by atoms with Crippen molar-refractivity contribution in [3.05, 3.63) is 52.3 Å². The fourth-order valence-corrected chi connectivity index (χ4v) is 2.00. The molecule has 0 atom stereocenters. The van der Waals surface area contributed by atoms with Gasteiger partial charge in [0.15, 0.2) is 0 Å². The summed E-state index contributed by atoms with van der Waals surface area (Å²) in [6.07, 6.45) is 1.88. The van der Waals surface area contributed by atoms with E-state index >= 15 is 0 Å². The number of benzene rings is 1. The highest BCUT2D eigenvalue weighted by Crippen LogP contribution is 2.13. The quantitative estimate of drug-likeness (QED) is 0.846. The lowest BCUT2D eigenvalue weighted by atomic mass is 10.0. The Labute approximate surface area is 102 Å². The molecule has 0 saturated carbocycles. The van der Waals surface area contributed by atoms with Gasteiger partial charge < -0.3 is 5.32 Å². The van der Waals surface area contributed by atoms with Crippen molar-refractivity contribution in [1.82, 2.24) is 15.5 Å². The van der Waals surface area contributed by atoms with E-state index in [1.54, 1.807) is 0 Å². The van der Waals surface area contributed by atoms with Crippen molar-refractivity contribution >= 4 is 0 Å². The van der Waals surface area contributed by atoms with E-state index in [0.717, 1.165) is 18.8 Å². The first-order valence-electron chi connectivity index (χ1n) is 5.93. The summed E-state index contributed by atoms with van der Waals surface area (Å²) < 4.78 is 0. The van der Waals surface area contributed by atoms with Crippen LogP contribution >= 0.6 is 0 Å². The minimum absolute atomic E-state index is 0.857. The van der Waals surface area contributed by atoms with Crippen molar-refractivity contribution in [2.75, 3.05) is 0 Å².